The lowest BCUT2D eigenvalue weighted by Gasteiger charge is -2.29. The number of anilines is 2. The van der Waals surface area contributed by atoms with Crippen LogP contribution in [0.3, 0.4) is 0 Å². The fourth-order valence-electron chi connectivity index (χ4n) is 7.63. The summed E-state index contributed by atoms with van der Waals surface area (Å²) in [6.07, 6.45) is 10.0. The number of nitrogens with zero attached hydrogens (tertiary/aromatic N) is 6. The van der Waals surface area contributed by atoms with E-state index in [9.17, 15) is 14.4 Å². The average Bonchev–Trinajstić information content (AvgIpc) is 3.41. The SMILES string of the molecule is O=C(Nc1cccc(-c2nnn[nH]2)c1)NC1N=C(CC2CCCCC2)c2ccccc2N(CC(=O)N2CC3CCC(CC3)C2)C1=O. The van der Waals surface area contributed by atoms with Gasteiger partial charge in [-0.1, -0.05) is 62.4 Å². The van der Waals surface area contributed by atoms with E-state index < -0.39 is 18.1 Å². The van der Waals surface area contributed by atoms with Gasteiger partial charge in [0.05, 0.1) is 5.69 Å². The third-order valence-corrected chi connectivity index (χ3v) is 10.1. The van der Waals surface area contributed by atoms with E-state index in [0.29, 0.717) is 46.9 Å². The minimum absolute atomic E-state index is 0.0559. The Kier molecular flexibility index (Phi) is 8.76. The first kappa shape index (κ1) is 30.1. The first-order valence-electron chi connectivity index (χ1n) is 16.7. The van der Waals surface area contributed by atoms with Gasteiger partial charge in [0.2, 0.25) is 12.1 Å². The van der Waals surface area contributed by atoms with E-state index in [4.69, 9.17) is 4.99 Å². The highest BCUT2D eigenvalue weighted by molar-refractivity contribution is 6.14. The van der Waals surface area contributed by atoms with Gasteiger partial charge in [-0.05, 0) is 78.5 Å². The maximum absolute atomic E-state index is 14.3. The number of nitrogens with one attached hydrogen (secondary N) is 3. The lowest BCUT2D eigenvalue weighted by molar-refractivity contribution is -0.132. The Morgan fingerprint density at radius 3 is 2.41 bits per heavy atom. The second-order valence-corrected chi connectivity index (χ2v) is 13.2. The molecule has 3 aliphatic heterocycles. The number of carbonyl (C=O) groups is 3. The molecule has 2 saturated carbocycles. The predicted octanol–water partition coefficient (Wildman–Crippen LogP) is 4.77. The Hall–Kier alpha value is -4.61. The highest BCUT2D eigenvalue weighted by Gasteiger charge is 2.37. The minimum Gasteiger partial charge on any atom is -0.341 e. The number of H-pyrrole nitrogens is 1. The largest absolute Gasteiger partial charge is 0.341 e. The third kappa shape index (κ3) is 6.66. The Labute approximate surface area is 268 Å². The summed E-state index contributed by atoms with van der Waals surface area (Å²) in [6.45, 7) is 1.40. The number of benzene rings is 2. The van der Waals surface area contributed by atoms with Crippen molar-refractivity contribution in [3.05, 3.63) is 54.1 Å². The molecule has 4 fully saturated rings. The average molecular weight is 624 g/mol. The van der Waals surface area contributed by atoms with Crippen LogP contribution in [0.1, 0.15) is 69.8 Å². The van der Waals surface area contributed by atoms with Crippen LogP contribution in [0.5, 0.6) is 0 Å². The predicted molar refractivity (Wildman–Crippen MR) is 174 cm³/mol. The van der Waals surface area contributed by atoms with Crippen molar-refractivity contribution in [2.24, 2.45) is 22.7 Å². The molecule has 1 aromatic heterocycles. The molecule has 12 nitrogen and oxygen atoms in total. The lowest BCUT2D eigenvalue weighted by Crippen LogP contribution is -2.51. The number of aliphatic imine (C=N–C) groups is 1. The first-order chi connectivity index (χ1) is 22.5. The smallest absolute Gasteiger partial charge is 0.321 e. The number of hydrogen-bond acceptors (Lipinski definition) is 7. The molecule has 240 valence electrons. The van der Waals surface area contributed by atoms with Gasteiger partial charge in [-0.25, -0.2) is 9.89 Å². The maximum Gasteiger partial charge on any atom is 0.321 e. The van der Waals surface area contributed by atoms with Gasteiger partial charge in [0.25, 0.3) is 5.91 Å². The molecule has 12 heteroatoms. The summed E-state index contributed by atoms with van der Waals surface area (Å²) >= 11 is 0. The molecule has 2 aliphatic carbocycles. The maximum atomic E-state index is 14.3. The zero-order valence-corrected chi connectivity index (χ0v) is 26.0. The van der Waals surface area contributed by atoms with E-state index in [-0.39, 0.29) is 12.5 Å². The molecule has 0 spiro atoms. The molecule has 2 aromatic carbocycles. The van der Waals surface area contributed by atoms with Gasteiger partial charge >= 0.3 is 6.03 Å². The molecule has 46 heavy (non-hydrogen) atoms. The number of tetrazole rings is 1. The summed E-state index contributed by atoms with van der Waals surface area (Å²) in [5, 5.41) is 19.5. The normalized spacial score (nSPS) is 23.3. The number of para-hydroxylation sites is 1. The summed E-state index contributed by atoms with van der Waals surface area (Å²) in [6, 6.07) is 14.2. The van der Waals surface area contributed by atoms with Crippen molar-refractivity contribution < 1.29 is 14.4 Å². The Morgan fingerprint density at radius 1 is 0.913 bits per heavy atom. The lowest BCUT2D eigenvalue weighted by atomic mass is 9.84. The molecule has 1 atom stereocenters. The highest BCUT2D eigenvalue weighted by atomic mass is 16.2. The number of urea groups is 1. The molecule has 1 unspecified atom stereocenters. The fourth-order valence-corrected chi connectivity index (χ4v) is 7.63. The number of amides is 4. The Bertz CT molecular complexity index is 1580. The standard InChI is InChI=1S/C34H41N9O3/c44-30(42-19-23-13-14-24(20-42)16-15-23)21-43-29-12-5-4-11-27(29)28(17-22-7-2-1-3-8-22)36-32(33(43)45)37-34(46)35-26-10-6-9-25(18-26)31-38-40-41-39-31/h4-6,9-12,18,22-24,32H,1-3,7-8,13-17,19-21H2,(H2,35,37,46)(H,38,39,40,41). The molecule has 0 radical (unpaired) electrons. The quantitative estimate of drug-likeness (QED) is 0.345. The number of aromatic amines is 1. The van der Waals surface area contributed by atoms with Crippen molar-refractivity contribution in [1.29, 1.82) is 0 Å². The molecule has 4 heterocycles. The van der Waals surface area contributed by atoms with Gasteiger partial charge in [-0.2, -0.15) is 0 Å². The summed E-state index contributed by atoms with van der Waals surface area (Å²) < 4.78 is 0. The minimum atomic E-state index is -1.19. The Morgan fingerprint density at radius 2 is 1.67 bits per heavy atom. The topological polar surface area (TPSA) is 149 Å². The van der Waals surface area contributed by atoms with Gasteiger partial charge in [-0.3, -0.25) is 19.5 Å². The number of hydrogen-bond donors (Lipinski definition) is 3. The van der Waals surface area contributed by atoms with Crippen LogP contribution in [-0.4, -0.2) is 74.9 Å². The molecule has 3 aromatic rings. The van der Waals surface area contributed by atoms with Crippen molar-refractivity contribution in [2.45, 2.75) is 70.4 Å². The van der Waals surface area contributed by atoms with E-state index in [2.05, 4.69) is 31.3 Å². The number of carbonyl (C=O) groups excluding carboxylic acids is 3. The van der Waals surface area contributed by atoms with E-state index in [1.54, 1.807) is 23.1 Å². The summed E-state index contributed by atoms with van der Waals surface area (Å²) in [4.78, 5) is 50.1. The Balaban J connectivity index is 1.16. The van der Waals surface area contributed by atoms with Crippen LogP contribution >= 0.6 is 0 Å². The van der Waals surface area contributed by atoms with Crippen LogP contribution < -0.4 is 15.5 Å². The number of fused-ring (bicyclic) bond motifs is 5. The van der Waals surface area contributed by atoms with Crippen LogP contribution in [0, 0.1) is 17.8 Å². The van der Waals surface area contributed by atoms with Crippen LogP contribution in [0.25, 0.3) is 11.4 Å². The second-order valence-electron chi connectivity index (χ2n) is 13.2. The van der Waals surface area contributed by atoms with E-state index in [1.165, 1.54) is 19.3 Å². The van der Waals surface area contributed by atoms with Gasteiger partial charge < -0.3 is 15.5 Å². The monoisotopic (exact) mass is 623 g/mol. The molecular formula is C34H41N9O3. The summed E-state index contributed by atoms with van der Waals surface area (Å²) in [7, 11) is 0. The third-order valence-electron chi connectivity index (χ3n) is 10.1. The van der Waals surface area contributed by atoms with Crippen LogP contribution in [0.15, 0.2) is 53.5 Å². The van der Waals surface area contributed by atoms with Crippen molar-refractivity contribution in [2.75, 3.05) is 29.9 Å². The zero-order chi connectivity index (χ0) is 31.5. The van der Waals surface area contributed by atoms with Crippen molar-refractivity contribution in [1.82, 2.24) is 30.8 Å². The first-order valence-corrected chi connectivity index (χ1v) is 16.7. The van der Waals surface area contributed by atoms with E-state index in [0.717, 1.165) is 62.9 Å². The molecule has 2 bridgehead atoms. The number of rotatable bonds is 7. The highest BCUT2D eigenvalue weighted by Crippen LogP contribution is 2.35. The number of benzodiazepines with no additional fused rings is 1. The molecular weight excluding hydrogens is 582 g/mol. The van der Waals surface area contributed by atoms with Gasteiger partial charge in [0, 0.05) is 35.6 Å². The van der Waals surface area contributed by atoms with Crippen LogP contribution in [0.2, 0.25) is 0 Å². The van der Waals surface area contributed by atoms with Crippen molar-refractivity contribution in [3.8, 4) is 11.4 Å². The summed E-state index contributed by atoms with van der Waals surface area (Å²) in [5.74, 6) is 1.50. The van der Waals surface area contributed by atoms with Crippen LogP contribution in [0.4, 0.5) is 16.2 Å². The molecule has 3 N–H and O–H groups in total. The second kappa shape index (κ2) is 13.4. The fraction of sp³-hybridized carbons (Fsp3) is 0.500. The van der Waals surface area contributed by atoms with E-state index >= 15 is 0 Å². The van der Waals surface area contributed by atoms with Gasteiger partial charge in [0.1, 0.15) is 6.54 Å². The summed E-state index contributed by atoms with van der Waals surface area (Å²) in [5.41, 5.74) is 3.52. The van der Waals surface area contributed by atoms with Gasteiger partial charge in [-0.15, -0.1) is 5.10 Å². The molecule has 4 amide bonds. The van der Waals surface area contributed by atoms with Crippen molar-refractivity contribution >= 4 is 34.9 Å². The zero-order valence-electron chi connectivity index (χ0n) is 26.0. The molecule has 2 saturated heterocycles. The molecule has 5 aliphatic rings. The van der Waals surface area contributed by atoms with Crippen molar-refractivity contribution in [3.63, 3.8) is 0 Å². The van der Waals surface area contributed by atoms with E-state index in [1.807, 2.05) is 35.2 Å². The molecule has 8 rings (SSSR count). The van der Waals surface area contributed by atoms with Crippen LogP contribution in [-0.2, 0) is 9.59 Å². The number of aromatic nitrogens is 4. The van der Waals surface area contributed by atoms with Gasteiger partial charge in [0.15, 0.2) is 5.82 Å².